The van der Waals surface area contributed by atoms with Gasteiger partial charge in [-0.2, -0.15) is 0 Å². The average Bonchev–Trinajstić information content (AvgIpc) is 2.68. The van der Waals surface area contributed by atoms with Gasteiger partial charge in [0.2, 0.25) is 5.91 Å². The molecule has 0 saturated carbocycles. The van der Waals surface area contributed by atoms with E-state index in [0.29, 0.717) is 42.3 Å². The van der Waals surface area contributed by atoms with Crippen LogP contribution in [0.5, 0.6) is 0 Å². The van der Waals surface area contributed by atoms with E-state index >= 15 is 0 Å². The summed E-state index contributed by atoms with van der Waals surface area (Å²) >= 11 is 6.39. The number of piperidine rings is 1. The quantitative estimate of drug-likeness (QED) is 0.823. The van der Waals surface area contributed by atoms with E-state index in [1.54, 1.807) is 18.2 Å². The van der Waals surface area contributed by atoms with Crippen molar-refractivity contribution in [2.24, 2.45) is 11.1 Å². The molecule has 0 aromatic heterocycles. The average molecular weight is 394 g/mol. The zero-order chi connectivity index (χ0) is 19.4. The summed E-state index contributed by atoms with van der Waals surface area (Å²) < 4.78 is 5.36. The van der Waals surface area contributed by atoms with E-state index in [0.717, 1.165) is 25.8 Å². The number of ether oxygens (including phenoxy) is 1. The molecule has 3 rings (SSSR count). The summed E-state index contributed by atoms with van der Waals surface area (Å²) in [6.07, 6.45) is 4.39. The van der Waals surface area contributed by atoms with Crippen molar-refractivity contribution in [1.82, 2.24) is 4.90 Å². The fraction of sp³-hybridized carbons (Fsp3) is 0.600. The standard InChI is InChI=1S/C20H28ClN3O3/c1-14-4-2-3-9-24(14)18(25)16-6-5-15(12-17(16)21)23-19(26)20(13-22)7-10-27-11-8-20/h5-6,12,14H,2-4,7-11,13,22H2,1H3,(H,23,26). The summed E-state index contributed by atoms with van der Waals surface area (Å²) in [5, 5.41) is 3.27. The SMILES string of the molecule is CC1CCCCN1C(=O)c1ccc(NC(=O)C2(CN)CCOCC2)cc1Cl. The fourth-order valence-electron chi connectivity index (χ4n) is 3.87. The third kappa shape index (κ3) is 4.28. The second-order valence-corrected chi connectivity index (χ2v) is 8.00. The third-order valence-corrected chi connectivity index (χ3v) is 6.16. The second kappa shape index (κ2) is 8.59. The molecule has 0 radical (unpaired) electrons. The Morgan fingerprint density at radius 3 is 2.70 bits per heavy atom. The van der Waals surface area contributed by atoms with Gasteiger partial charge in [-0.1, -0.05) is 11.6 Å². The first-order valence-corrected chi connectivity index (χ1v) is 10.0. The van der Waals surface area contributed by atoms with Crippen LogP contribution in [0.15, 0.2) is 18.2 Å². The smallest absolute Gasteiger partial charge is 0.255 e. The van der Waals surface area contributed by atoms with Crippen LogP contribution < -0.4 is 11.1 Å². The number of carbonyl (C=O) groups is 2. The van der Waals surface area contributed by atoms with E-state index in [9.17, 15) is 9.59 Å². The molecule has 1 aromatic rings. The Kier molecular flexibility index (Phi) is 6.40. The summed E-state index contributed by atoms with van der Waals surface area (Å²) in [6.45, 7) is 4.18. The Morgan fingerprint density at radius 2 is 2.07 bits per heavy atom. The molecule has 1 atom stereocenters. The molecule has 2 saturated heterocycles. The van der Waals surface area contributed by atoms with Crippen LogP contribution in [0, 0.1) is 5.41 Å². The maximum atomic E-state index is 12.8. The Labute approximate surface area is 165 Å². The van der Waals surface area contributed by atoms with Crippen LogP contribution in [0.1, 0.15) is 49.4 Å². The molecule has 2 heterocycles. The van der Waals surface area contributed by atoms with Crippen molar-refractivity contribution in [3.8, 4) is 0 Å². The number of hydrogen-bond acceptors (Lipinski definition) is 4. The van der Waals surface area contributed by atoms with E-state index < -0.39 is 5.41 Å². The van der Waals surface area contributed by atoms with Crippen LogP contribution in [0.2, 0.25) is 5.02 Å². The Hall–Kier alpha value is -1.63. The van der Waals surface area contributed by atoms with Crippen molar-refractivity contribution in [3.63, 3.8) is 0 Å². The second-order valence-electron chi connectivity index (χ2n) is 7.59. The third-order valence-electron chi connectivity index (χ3n) is 5.84. The van der Waals surface area contributed by atoms with Gasteiger partial charge >= 0.3 is 0 Å². The first-order valence-electron chi connectivity index (χ1n) is 9.67. The predicted molar refractivity (Wildman–Crippen MR) is 106 cm³/mol. The zero-order valence-electron chi connectivity index (χ0n) is 15.8. The van der Waals surface area contributed by atoms with Crippen LogP contribution in [-0.2, 0) is 9.53 Å². The Morgan fingerprint density at radius 1 is 1.33 bits per heavy atom. The lowest BCUT2D eigenvalue weighted by molar-refractivity contribution is -0.130. The molecular formula is C20H28ClN3O3. The first-order chi connectivity index (χ1) is 13.0. The normalized spacial score (nSPS) is 22.3. The topological polar surface area (TPSA) is 84.7 Å². The first kappa shape index (κ1) is 20.1. The highest BCUT2D eigenvalue weighted by molar-refractivity contribution is 6.34. The monoisotopic (exact) mass is 393 g/mol. The number of nitrogens with zero attached hydrogens (tertiary/aromatic N) is 1. The van der Waals surface area contributed by atoms with Gasteiger partial charge in [0, 0.05) is 38.0 Å². The number of nitrogens with one attached hydrogen (secondary N) is 1. The van der Waals surface area contributed by atoms with Gasteiger partial charge in [0.15, 0.2) is 0 Å². The molecule has 0 aliphatic carbocycles. The van der Waals surface area contributed by atoms with Gasteiger partial charge in [-0.05, 0) is 57.2 Å². The minimum Gasteiger partial charge on any atom is -0.381 e. The van der Waals surface area contributed by atoms with Crippen molar-refractivity contribution in [3.05, 3.63) is 28.8 Å². The van der Waals surface area contributed by atoms with E-state index in [4.69, 9.17) is 22.1 Å². The number of benzene rings is 1. The summed E-state index contributed by atoms with van der Waals surface area (Å²) in [5.74, 6) is -0.166. The maximum absolute atomic E-state index is 12.8. The van der Waals surface area contributed by atoms with Crippen molar-refractivity contribution in [1.29, 1.82) is 0 Å². The van der Waals surface area contributed by atoms with Gasteiger partial charge < -0.3 is 20.7 Å². The Bertz CT molecular complexity index is 704. The summed E-state index contributed by atoms with van der Waals surface area (Å²) in [5.41, 5.74) is 6.33. The molecule has 1 aromatic carbocycles. The number of likely N-dealkylation sites (tertiary alicyclic amines) is 1. The Balaban J connectivity index is 1.72. The van der Waals surface area contributed by atoms with Crippen molar-refractivity contribution in [2.75, 3.05) is 31.6 Å². The minimum atomic E-state index is -0.609. The lowest BCUT2D eigenvalue weighted by Crippen LogP contribution is -2.46. The highest BCUT2D eigenvalue weighted by atomic mass is 35.5. The van der Waals surface area contributed by atoms with Gasteiger partial charge in [0.05, 0.1) is 16.0 Å². The van der Waals surface area contributed by atoms with Gasteiger partial charge in [-0.25, -0.2) is 0 Å². The molecule has 27 heavy (non-hydrogen) atoms. The van der Waals surface area contributed by atoms with Crippen LogP contribution in [0.3, 0.4) is 0 Å². The number of carbonyl (C=O) groups excluding carboxylic acids is 2. The molecule has 2 aliphatic rings. The van der Waals surface area contributed by atoms with Crippen LogP contribution in [-0.4, -0.2) is 49.1 Å². The van der Waals surface area contributed by atoms with E-state index in [2.05, 4.69) is 12.2 Å². The molecule has 2 fully saturated rings. The highest BCUT2D eigenvalue weighted by Gasteiger charge is 2.39. The molecule has 148 valence electrons. The molecule has 3 N–H and O–H groups in total. The minimum absolute atomic E-state index is 0.0482. The van der Waals surface area contributed by atoms with E-state index in [-0.39, 0.29) is 24.4 Å². The van der Waals surface area contributed by atoms with Crippen molar-refractivity contribution < 1.29 is 14.3 Å². The highest BCUT2D eigenvalue weighted by Crippen LogP contribution is 2.32. The van der Waals surface area contributed by atoms with Gasteiger partial charge in [-0.3, -0.25) is 9.59 Å². The molecular weight excluding hydrogens is 366 g/mol. The molecule has 0 bridgehead atoms. The van der Waals surface area contributed by atoms with E-state index in [1.165, 1.54) is 0 Å². The molecule has 0 spiro atoms. The number of rotatable bonds is 4. The molecule has 2 amide bonds. The number of halogens is 1. The molecule has 1 unspecified atom stereocenters. The number of nitrogens with two attached hydrogens (primary N) is 1. The van der Waals surface area contributed by atoms with Gasteiger partial charge in [0.1, 0.15) is 0 Å². The molecule has 6 nitrogen and oxygen atoms in total. The predicted octanol–water partition coefficient (Wildman–Crippen LogP) is 3.05. The van der Waals surface area contributed by atoms with Gasteiger partial charge in [-0.15, -0.1) is 0 Å². The zero-order valence-corrected chi connectivity index (χ0v) is 16.6. The number of amides is 2. The van der Waals surface area contributed by atoms with E-state index in [1.807, 2.05) is 4.90 Å². The van der Waals surface area contributed by atoms with Crippen LogP contribution in [0.25, 0.3) is 0 Å². The lowest BCUT2D eigenvalue weighted by Gasteiger charge is -2.34. The summed E-state index contributed by atoms with van der Waals surface area (Å²) in [4.78, 5) is 27.5. The van der Waals surface area contributed by atoms with Crippen molar-refractivity contribution >= 4 is 29.1 Å². The largest absolute Gasteiger partial charge is 0.381 e. The molecule has 7 heteroatoms. The van der Waals surface area contributed by atoms with Gasteiger partial charge in [0.25, 0.3) is 5.91 Å². The number of anilines is 1. The van der Waals surface area contributed by atoms with Crippen molar-refractivity contribution in [2.45, 2.75) is 45.1 Å². The van der Waals surface area contributed by atoms with Crippen LogP contribution in [0.4, 0.5) is 5.69 Å². The molecule has 2 aliphatic heterocycles. The lowest BCUT2D eigenvalue weighted by atomic mass is 9.79. The maximum Gasteiger partial charge on any atom is 0.255 e. The summed E-state index contributed by atoms with van der Waals surface area (Å²) in [7, 11) is 0. The van der Waals surface area contributed by atoms with Crippen LogP contribution >= 0.6 is 11.6 Å². The number of hydrogen-bond donors (Lipinski definition) is 2. The summed E-state index contributed by atoms with van der Waals surface area (Å²) in [6, 6.07) is 5.29. The fourth-order valence-corrected chi connectivity index (χ4v) is 4.13.